The van der Waals surface area contributed by atoms with E-state index in [1.165, 1.54) is 14.1 Å². The van der Waals surface area contributed by atoms with Gasteiger partial charge in [-0.05, 0) is 18.5 Å². The molecule has 7 heteroatoms. The number of nitrogens with zero attached hydrogens (tertiary/aromatic N) is 2. The summed E-state index contributed by atoms with van der Waals surface area (Å²) < 4.78 is 25.7. The molecule has 6 nitrogen and oxygen atoms in total. The van der Waals surface area contributed by atoms with E-state index in [1.54, 1.807) is 0 Å². The van der Waals surface area contributed by atoms with Crippen LogP contribution in [0.25, 0.3) is 0 Å². The fourth-order valence-corrected chi connectivity index (χ4v) is 4.41. The lowest BCUT2D eigenvalue weighted by Crippen LogP contribution is -2.51. The number of likely N-dealkylation sites (tertiary alicyclic amines) is 1. The Morgan fingerprint density at radius 2 is 1.95 bits per heavy atom. The molecule has 2 unspecified atom stereocenters. The summed E-state index contributed by atoms with van der Waals surface area (Å²) in [6.45, 7) is 1.47. The molecule has 1 saturated heterocycles. The highest BCUT2D eigenvalue weighted by molar-refractivity contribution is 7.89. The quantitative estimate of drug-likeness (QED) is 0.868. The molecule has 0 aromatic heterocycles. The van der Waals surface area contributed by atoms with Crippen molar-refractivity contribution in [3.63, 3.8) is 0 Å². The third-order valence-electron chi connectivity index (χ3n) is 4.09. The lowest BCUT2D eigenvalue weighted by Gasteiger charge is -2.37. The normalized spacial score (nSPS) is 23.6. The van der Waals surface area contributed by atoms with Crippen molar-refractivity contribution < 1.29 is 18.3 Å². The second-order valence-corrected chi connectivity index (χ2v) is 8.19. The number of hydrogen-bond donors (Lipinski definition) is 1. The first-order valence-electron chi connectivity index (χ1n) is 7.23. The molecule has 2 atom stereocenters. The van der Waals surface area contributed by atoms with Crippen molar-refractivity contribution >= 4 is 16.0 Å². The Labute approximate surface area is 131 Å². The lowest BCUT2D eigenvalue weighted by molar-refractivity contribution is -0.143. The van der Waals surface area contributed by atoms with E-state index in [2.05, 4.69) is 0 Å². The molecule has 1 heterocycles. The molecule has 0 radical (unpaired) electrons. The van der Waals surface area contributed by atoms with Crippen molar-refractivity contribution in [1.82, 2.24) is 9.21 Å². The van der Waals surface area contributed by atoms with Crippen molar-refractivity contribution in [3.05, 3.63) is 35.9 Å². The molecule has 0 spiro atoms. The summed E-state index contributed by atoms with van der Waals surface area (Å²) in [5, 5.41) is 8.57. The van der Waals surface area contributed by atoms with E-state index < -0.39 is 27.2 Å². The molecular weight excluding hydrogens is 304 g/mol. The largest absolute Gasteiger partial charge is 0.481 e. The van der Waals surface area contributed by atoms with Crippen molar-refractivity contribution in [2.45, 2.75) is 18.2 Å². The third-order valence-corrected chi connectivity index (χ3v) is 6.44. The molecule has 1 aromatic rings. The van der Waals surface area contributed by atoms with Gasteiger partial charge in [0.25, 0.3) is 0 Å². The maximum absolute atomic E-state index is 12.3. The topological polar surface area (TPSA) is 77.9 Å². The average Bonchev–Trinajstić information content (AvgIpc) is 2.47. The highest BCUT2D eigenvalue weighted by Crippen LogP contribution is 2.26. The van der Waals surface area contributed by atoms with E-state index in [1.807, 2.05) is 35.2 Å². The fraction of sp³-hybridized carbons (Fsp3) is 0.533. The number of aliphatic carboxylic acids is 1. The van der Waals surface area contributed by atoms with Gasteiger partial charge in [0.1, 0.15) is 0 Å². The minimum atomic E-state index is -3.56. The molecule has 1 aliphatic heterocycles. The Kier molecular flexibility index (Phi) is 5.20. The maximum Gasteiger partial charge on any atom is 0.309 e. The van der Waals surface area contributed by atoms with Gasteiger partial charge in [-0.15, -0.1) is 0 Å². The van der Waals surface area contributed by atoms with Crippen LogP contribution in [0.5, 0.6) is 0 Å². The summed E-state index contributed by atoms with van der Waals surface area (Å²) in [6, 6.07) is 9.77. The fourth-order valence-electron chi connectivity index (χ4n) is 2.85. The van der Waals surface area contributed by atoms with Gasteiger partial charge < -0.3 is 5.11 Å². The molecule has 1 N–H and O–H groups in total. The molecule has 22 heavy (non-hydrogen) atoms. The summed E-state index contributed by atoms with van der Waals surface area (Å²) in [7, 11) is -0.667. The van der Waals surface area contributed by atoms with E-state index in [4.69, 9.17) is 0 Å². The van der Waals surface area contributed by atoms with Crippen LogP contribution in [0.2, 0.25) is 0 Å². The first-order chi connectivity index (χ1) is 10.3. The monoisotopic (exact) mass is 326 g/mol. The number of carbonyl (C=O) groups is 1. The Bertz CT molecular complexity index is 616. The van der Waals surface area contributed by atoms with E-state index in [0.717, 1.165) is 9.87 Å². The highest BCUT2D eigenvalue weighted by Gasteiger charge is 2.42. The summed E-state index contributed by atoms with van der Waals surface area (Å²) in [4.78, 5) is 13.5. The molecule has 0 aliphatic carbocycles. The molecule has 1 fully saturated rings. The van der Waals surface area contributed by atoms with E-state index in [9.17, 15) is 18.3 Å². The van der Waals surface area contributed by atoms with Crippen molar-refractivity contribution in [3.8, 4) is 0 Å². The van der Waals surface area contributed by atoms with Gasteiger partial charge in [0.2, 0.25) is 10.0 Å². The van der Waals surface area contributed by atoms with Gasteiger partial charge in [0, 0.05) is 27.2 Å². The number of piperidine rings is 1. The number of sulfonamides is 1. The first-order valence-corrected chi connectivity index (χ1v) is 8.73. The Morgan fingerprint density at radius 1 is 1.32 bits per heavy atom. The minimum Gasteiger partial charge on any atom is -0.481 e. The average molecular weight is 326 g/mol. The van der Waals surface area contributed by atoms with Crippen LogP contribution in [0.4, 0.5) is 0 Å². The second-order valence-electron chi connectivity index (χ2n) is 5.82. The maximum atomic E-state index is 12.3. The second kappa shape index (κ2) is 6.76. The van der Waals surface area contributed by atoms with Crippen LogP contribution in [0.3, 0.4) is 0 Å². The van der Waals surface area contributed by atoms with Crippen molar-refractivity contribution in [2.75, 3.05) is 27.2 Å². The van der Waals surface area contributed by atoms with E-state index in [-0.39, 0.29) is 6.54 Å². The molecule has 122 valence electrons. The molecule has 0 saturated carbocycles. The zero-order valence-corrected chi connectivity index (χ0v) is 13.7. The Balaban J connectivity index is 2.13. The number of hydrogen-bond acceptors (Lipinski definition) is 4. The zero-order valence-electron chi connectivity index (χ0n) is 12.8. The van der Waals surface area contributed by atoms with Crippen LogP contribution in [0.1, 0.15) is 12.0 Å². The number of rotatable bonds is 5. The first kappa shape index (κ1) is 16.9. The number of carboxylic acid groups (broad SMARTS) is 1. The van der Waals surface area contributed by atoms with Crippen LogP contribution < -0.4 is 0 Å². The number of carboxylic acids is 1. The highest BCUT2D eigenvalue weighted by atomic mass is 32.2. The third kappa shape index (κ3) is 3.66. The van der Waals surface area contributed by atoms with Gasteiger partial charge in [-0.1, -0.05) is 30.3 Å². The summed E-state index contributed by atoms with van der Waals surface area (Å²) in [5.74, 6) is -1.95. The predicted octanol–water partition coefficient (Wildman–Crippen LogP) is 0.853. The van der Waals surface area contributed by atoms with Crippen LogP contribution in [0, 0.1) is 5.92 Å². The van der Waals surface area contributed by atoms with E-state index >= 15 is 0 Å². The van der Waals surface area contributed by atoms with Gasteiger partial charge in [0.05, 0.1) is 11.2 Å². The van der Waals surface area contributed by atoms with Gasteiger partial charge in [-0.3, -0.25) is 9.69 Å². The molecule has 0 bridgehead atoms. The van der Waals surface area contributed by atoms with Gasteiger partial charge in [0.15, 0.2) is 0 Å². The molecule has 1 aromatic carbocycles. The summed E-state index contributed by atoms with van der Waals surface area (Å²) in [6.07, 6.45) is 0.338. The predicted molar refractivity (Wildman–Crippen MR) is 83.9 cm³/mol. The standard InChI is InChI=1S/C15H22N2O4S/c1-16(2)22(20,21)14-8-9-17(11-13(14)15(18)19)10-12-6-4-3-5-7-12/h3-7,13-14H,8-11H2,1-2H3,(H,18,19). The Morgan fingerprint density at radius 3 is 2.50 bits per heavy atom. The number of benzene rings is 1. The summed E-state index contributed by atoms with van der Waals surface area (Å²) in [5.41, 5.74) is 1.10. The van der Waals surface area contributed by atoms with Crippen molar-refractivity contribution in [2.24, 2.45) is 5.92 Å². The van der Waals surface area contributed by atoms with Crippen LogP contribution in [-0.2, 0) is 21.4 Å². The van der Waals surface area contributed by atoms with Gasteiger partial charge >= 0.3 is 5.97 Å². The molecular formula is C15H22N2O4S. The zero-order chi connectivity index (χ0) is 16.3. The van der Waals surface area contributed by atoms with Crippen LogP contribution in [0.15, 0.2) is 30.3 Å². The summed E-state index contributed by atoms with van der Waals surface area (Å²) >= 11 is 0. The smallest absolute Gasteiger partial charge is 0.309 e. The van der Waals surface area contributed by atoms with Gasteiger partial charge in [-0.25, -0.2) is 12.7 Å². The van der Waals surface area contributed by atoms with E-state index in [0.29, 0.717) is 19.5 Å². The Hall–Kier alpha value is -1.44. The van der Waals surface area contributed by atoms with Crippen molar-refractivity contribution in [1.29, 1.82) is 0 Å². The van der Waals surface area contributed by atoms with Crippen LogP contribution >= 0.6 is 0 Å². The lowest BCUT2D eigenvalue weighted by atomic mass is 9.97. The SMILES string of the molecule is CN(C)S(=O)(=O)C1CCN(Cc2ccccc2)CC1C(=O)O. The van der Waals surface area contributed by atoms with Crippen LogP contribution in [-0.4, -0.2) is 61.1 Å². The molecule has 1 aliphatic rings. The van der Waals surface area contributed by atoms with Gasteiger partial charge in [-0.2, -0.15) is 0 Å². The molecule has 2 rings (SSSR count). The molecule has 0 amide bonds. The minimum absolute atomic E-state index is 0.252.